The van der Waals surface area contributed by atoms with Crippen LogP contribution in [0.3, 0.4) is 0 Å². The van der Waals surface area contributed by atoms with Crippen molar-refractivity contribution in [1.82, 2.24) is 4.90 Å². The molecule has 18 heavy (non-hydrogen) atoms. The van der Waals surface area contributed by atoms with Gasteiger partial charge in [-0.2, -0.15) is 0 Å². The molecule has 2 N–H and O–H groups in total. The zero-order valence-corrected chi connectivity index (χ0v) is 11.6. The van der Waals surface area contributed by atoms with Crippen molar-refractivity contribution in [1.29, 1.82) is 0 Å². The van der Waals surface area contributed by atoms with E-state index in [4.69, 9.17) is 10.5 Å². The Bertz CT molecular complexity index is 405. The molecule has 0 atom stereocenters. The summed E-state index contributed by atoms with van der Waals surface area (Å²) in [5.74, 6) is 0.852. The van der Waals surface area contributed by atoms with Gasteiger partial charge in [0.25, 0.3) is 0 Å². The van der Waals surface area contributed by atoms with Gasteiger partial charge in [-0.15, -0.1) is 0 Å². The highest BCUT2D eigenvalue weighted by Gasteiger charge is 2.07. The molecule has 0 fully saturated rings. The van der Waals surface area contributed by atoms with Crippen LogP contribution >= 0.6 is 0 Å². The summed E-state index contributed by atoms with van der Waals surface area (Å²) in [6, 6.07) is 3.93. The van der Waals surface area contributed by atoms with Crippen molar-refractivity contribution in [3.05, 3.63) is 23.3 Å². The molecule has 0 bridgehead atoms. The Morgan fingerprint density at radius 2 is 2.00 bits per heavy atom. The third-order valence-electron chi connectivity index (χ3n) is 2.73. The van der Waals surface area contributed by atoms with E-state index < -0.39 is 0 Å². The first-order valence-corrected chi connectivity index (χ1v) is 6.11. The number of nitrogens with two attached hydrogens (primary N) is 1. The van der Waals surface area contributed by atoms with Crippen LogP contribution in [0.15, 0.2) is 12.1 Å². The van der Waals surface area contributed by atoms with Crippen molar-refractivity contribution < 1.29 is 9.53 Å². The number of carbonyl (C=O) groups excluding carboxylic acids is 1. The second kappa shape index (κ2) is 6.28. The van der Waals surface area contributed by atoms with E-state index in [0.717, 1.165) is 16.9 Å². The van der Waals surface area contributed by atoms with Gasteiger partial charge in [-0.1, -0.05) is 6.07 Å². The van der Waals surface area contributed by atoms with E-state index in [1.54, 1.807) is 19.0 Å². The van der Waals surface area contributed by atoms with Crippen LogP contribution in [-0.2, 0) is 4.79 Å². The summed E-state index contributed by atoms with van der Waals surface area (Å²) in [6.07, 6.45) is 1.20. The van der Waals surface area contributed by atoms with Gasteiger partial charge in [-0.25, -0.2) is 0 Å². The van der Waals surface area contributed by atoms with Crippen molar-refractivity contribution in [3.63, 3.8) is 0 Å². The molecular formula is C14H22N2O2. The Morgan fingerprint density at radius 3 is 2.56 bits per heavy atom. The summed E-state index contributed by atoms with van der Waals surface area (Å²) in [4.78, 5) is 13.0. The van der Waals surface area contributed by atoms with Crippen LogP contribution < -0.4 is 10.5 Å². The number of benzene rings is 1. The molecule has 1 aromatic carbocycles. The van der Waals surface area contributed by atoms with E-state index in [9.17, 15) is 4.79 Å². The predicted molar refractivity (Wildman–Crippen MR) is 73.8 cm³/mol. The number of carbonyl (C=O) groups is 1. The molecule has 0 heterocycles. The summed E-state index contributed by atoms with van der Waals surface area (Å²) in [7, 11) is 3.51. The molecule has 0 saturated carbocycles. The zero-order chi connectivity index (χ0) is 13.7. The zero-order valence-electron chi connectivity index (χ0n) is 11.6. The number of amides is 1. The van der Waals surface area contributed by atoms with E-state index in [0.29, 0.717) is 25.1 Å². The second-order valence-electron chi connectivity index (χ2n) is 4.74. The van der Waals surface area contributed by atoms with Crippen molar-refractivity contribution in [2.24, 2.45) is 0 Å². The molecule has 100 valence electrons. The highest BCUT2D eigenvalue weighted by atomic mass is 16.5. The molecule has 0 aliphatic heterocycles. The number of hydrogen-bond donors (Lipinski definition) is 1. The molecule has 0 aromatic heterocycles. The van der Waals surface area contributed by atoms with Gasteiger partial charge in [-0.3, -0.25) is 4.79 Å². The van der Waals surface area contributed by atoms with Gasteiger partial charge in [0.1, 0.15) is 5.75 Å². The van der Waals surface area contributed by atoms with Gasteiger partial charge in [0.05, 0.1) is 12.3 Å². The number of hydrogen-bond acceptors (Lipinski definition) is 3. The largest absolute Gasteiger partial charge is 0.491 e. The molecule has 0 radical (unpaired) electrons. The Hall–Kier alpha value is -1.71. The lowest BCUT2D eigenvalue weighted by atomic mass is 10.1. The molecule has 1 amide bonds. The van der Waals surface area contributed by atoms with Gasteiger partial charge in [0, 0.05) is 20.5 Å². The Kier molecular flexibility index (Phi) is 5.01. The lowest BCUT2D eigenvalue weighted by Gasteiger charge is -2.13. The van der Waals surface area contributed by atoms with Crippen LogP contribution in [0, 0.1) is 13.8 Å². The maximum Gasteiger partial charge on any atom is 0.222 e. The average molecular weight is 250 g/mol. The molecule has 1 rings (SSSR count). The van der Waals surface area contributed by atoms with E-state index in [1.165, 1.54) is 0 Å². The first-order valence-electron chi connectivity index (χ1n) is 6.11. The quantitative estimate of drug-likeness (QED) is 0.643. The summed E-state index contributed by atoms with van der Waals surface area (Å²) in [6.45, 7) is 4.49. The van der Waals surface area contributed by atoms with E-state index in [2.05, 4.69) is 0 Å². The standard InChI is InChI=1S/C14H22N2O2/c1-10-8-11(2)14(12(15)9-10)18-7-5-6-13(17)16(3)4/h8-9H,5-7,15H2,1-4H3. The third kappa shape index (κ3) is 3.95. The fourth-order valence-corrected chi connectivity index (χ4v) is 1.81. The van der Waals surface area contributed by atoms with Gasteiger partial charge in [0.15, 0.2) is 0 Å². The maximum absolute atomic E-state index is 11.4. The fraction of sp³-hybridized carbons (Fsp3) is 0.500. The Balaban J connectivity index is 2.47. The Morgan fingerprint density at radius 1 is 1.33 bits per heavy atom. The fourth-order valence-electron chi connectivity index (χ4n) is 1.81. The first kappa shape index (κ1) is 14.4. The van der Waals surface area contributed by atoms with Crippen LogP contribution in [0.2, 0.25) is 0 Å². The topological polar surface area (TPSA) is 55.6 Å². The van der Waals surface area contributed by atoms with E-state index in [1.807, 2.05) is 26.0 Å². The van der Waals surface area contributed by atoms with Gasteiger partial charge >= 0.3 is 0 Å². The van der Waals surface area contributed by atoms with Crippen LogP contribution in [0.1, 0.15) is 24.0 Å². The number of nitrogen functional groups attached to an aromatic ring is 1. The minimum atomic E-state index is 0.118. The summed E-state index contributed by atoms with van der Waals surface area (Å²) in [5.41, 5.74) is 8.73. The minimum Gasteiger partial charge on any atom is -0.491 e. The van der Waals surface area contributed by atoms with E-state index in [-0.39, 0.29) is 5.91 Å². The molecule has 0 spiro atoms. The van der Waals surface area contributed by atoms with E-state index >= 15 is 0 Å². The summed E-state index contributed by atoms with van der Waals surface area (Å²) in [5, 5.41) is 0. The van der Waals surface area contributed by atoms with Crippen LogP contribution in [-0.4, -0.2) is 31.5 Å². The van der Waals surface area contributed by atoms with Gasteiger partial charge < -0.3 is 15.4 Å². The minimum absolute atomic E-state index is 0.118. The third-order valence-corrected chi connectivity index (χ3v) is 2.73. The number of nitrogens with zero attached hydrogens (tertiary/aromatic N) is 1. The number of rotatable bonds is 5. The van der Waals surface area contributed by atoms with Crippen molar-refractivity contribution in [2.45, 2.75) is 26.7 Å². The smallest absolute Gasteiger partial charge is 0.222 e. The molecule has 4 heteroatoms. The lowest BCUT2D eigenvalue weighted by molar-refractivity contribution is -0.128. The summed E-state index contributed by atoms with van der Waals surface area (Å²) >= 11 is 0. The predicted octanol–water partition coefficient (Wildman–Crippen LogP) is 2.13. The number of ether oxygens (including phenoxy) is 1. The molecule has 0 unspecified atom stereocenters. The van der Waals surface area contributed by atoms with Crippen molar-refractivity contribution in [2.75, 3.05) is 26.4 Å². The SMILES string of the molecule is Cc1cc(C)c(OCCCC(=O)N(C)C)c(N)c1. The molecule has 0 aliphatic carbocycles. The van der Waals surface area contributed by atoms with Crippen LogP contribution in [0.25, 0.3) is 0 Å². The molecule has 1 aromatic rings. The van der Waals surface area contributed by atoms with Crippen molar-refractivity contribution in [3.8, 4) is 5.75 Å². The second-order valence-corrected chi connectivity index (χ2v) is 4.74. The molecule has 0 saturated heterocycles. The monoisotopic (exact) mass is 250 g/mol. The molecule has 4 nitrogen and oxygen atoms in total. The maximum atomic E-state index is 11.4. The van der Waals surface area contributed by atoms with Crippen LogP contribution in [0.4, 0.5) is 5.69 Å². The highest BCUT2D eigenvalue weighted by molar-refractivity contribution is 5.75. The molecule has 0 aliphatic rings. The molecular weight excluding hydrogens is 228 g/mol. The van der Waals surface area contributed by atoms with Crippen LogP contribution in [0.5, 0.6) is 5.75 Å². The normalized spacial score (nSPS) is 10.2. The lowest BCUT2D eigenvalue weighted by Crippen LogP contribution is -2.21. The van der Waals surface area contributed by atoms with Gasteiger partial charge in [-0.05, 0) is 37.5 Å². The first-order chi connectivity index (χ1) is 8.41. The average Bonchev–Trinajstić information content (AvgIpc) is 2.26. The number of anilines is 1. The highest BCUT2D eigenvalue weighted by Crippen LogP contribution is 2.27. The van der Waals surface area contributed by atoms with Gasteiger partial charge in [0.2, 0.25) is 5.91 Å². The van der Waals surface area contributed by atoms with Crippen molar-refractivity contribution >= 4 is 11.6 Å². The Labute approximate surface area is 109 Å². The summed E-state index contributed by atoms with van der Waals surface area (Å²) < 4.78 is 5.66. The number of aryl methyl sites for hydroxylation is 2.